The van der Waals surface area contributed by atoms with Gasteiger partial charge in [0, 0.05) is 48.8 Å². The molecule has 30 heavy (non-hydrogen) atoms. The van der Waals surface area contributed by atoms with Crippen LogP contribution in [0.15, 0.2) is 35.3 Å². The van der Waals surface area contributed by atoms with Gasteiger partial charge in [-0.15, -0.1) is 0 Å². The van der Waals surface area contributed by atoms with Gasteiger partial charge in [-0.2, -0.15) is 21.5 Å². The molecule has 0 bridgehead atoms. The summed E-state index contributed by atoms with van der Waals surface area (Å²) in [7, 11) is 0. The third-order valence-corrected chi connectivity index (χ3v) is 7.36. The van der Waals surface area contributed by atoms with Gasteiger partial charge >= 0.3 is 0 Å². The van der Waals surface area contributed by atoms with Crippen LogP contribution in [0.3, 0.4) is 0 Å². The third-order valence-electron chi connectivity index (χ3n) is 6.05. The van der Waals surface area contributed by atoms with Gasteiger partial charge < -0.3 is 5.32 Å². The molecule has 4 rings (SSSR count). The van der Waals surface area contributed by atoms with Gasteiger partial charge in [-0.25, -0.2) is 0 Å². The number of hydrogen-bond acceptors (Lipinski definition) is 7. The van der Waals surface area contributed by atoms with E-state index >= 15 is 0 Å². The summed E-state index contributed by atoms with van der Waals surface area (Å²) in [4.78, 5) is 25.7. The Morgan fingerprint density at radius 1 is 1.20 bits per heavy atom. The lowest BCUT2D eigenvalue weighted by Crippen LogP contribution is -2.54. The summed E-state index contributed by atoms with van der Waals surface area (Å²) in [6, 6.07) is 5.64. The number of halogens is 1. The van der Waals surface area contributed by atoms with Gasteiger partial charge in [0.15, 0.2) is 0 Å². The number of non-ortho nitro benzene ring substituents is 1. The van der Waals surface area contributed by atoms with Crippen LogP contribution in [0.5, 0.6) is 0 Å². The molecule has 1 aliphatic heterocycles. The topological polar surface area (TPSA) is 93.3 Å². The summed E-state index contributed by atoms with van der Waals surface area (Å²) >= 11 is 8.39. The van der Waals surface area contributed by atoms with Crippen molar-refractivity contribution in [3.63, 3.8) is 0 Å². The number of rotatable bonds is 6. The second-order valence-corrected chi connectivity index (χ2v) is 9.35. The van der Waals surface area contributed by atoms with Crippen LogP contribution >= 0.6 is 23.4 Å². The van der Waals surface area contributed by atoms with E-state index in [1.54, 1.807) is 6.20 Å². The molecular weight excluding hydrogens is 426 g/mol. The molecule has 0 amide bonds. The number of anilines is 1. The van der Waals surface area contributed by atoms with Gasteiger partial charge in [-0.3, -0.25) is 19.8 Å². The van der Waals surface area contributed by atoms with Gasteiger partial charge in [0.05, 0.1) is 22.5 Å². The number of aromatic nitrogens is 2. The quantitative estimate of drug-likeness (QED) is 0.532. The summed E-state index contributed by atoms with van der Waals surface area (Å²) in [5.74, 6) is 2.32. The molecule has 1 aliphatic carbocycles. The minimum absolute atomic E-state index is 0.0471. The smallest absolute Gasteiger partial charge is 0.292 e. The van der Waals surface area contributed by atoms with Crippen LogP contribution in [0, 0.1) is 10.1 Å². The Labute approximate surface area is 183 Å². The lowest BCUT2D eigenvalue weighted by molar-refractivity contribution is -0.384. The van der Waals surface area contributed by atoms with Crippen molar-refractivity contribution in [2.75, 3.05) is 36.5 Å². The lowest BCUT2D eigenvalue weighted by Gasteiger charge is -2.43. The minimum atomic E-state index is -0.486. The first-order valence-corrected chi connectivity index (χ1v) is 11.6. The standard InChI is InChI=1S/C20H24ClN5O3S/c21-18-17(22-14-20(7-1-2-8-20)24-9-11-30-12-10-24)13-23-25(19(18)27)15-3-5-16(6-4-15)26(28)29/h3-6,13,22H,1-2,7-12,14H2. The van der Waals surface area contributed by atoms with Crippen LogP contribution < -0.4 is 10.9 Å². The number of benzene rings is 1. The number of nitro benzene ring substituents is 1. The van der Waals surface area contributed by atoms with E-state index in [-0.39, 0.29) is 16.2 Å². The molecule has 0 atom stereocenters. The lowest BCUT2D eigenvalue weighted by atomic mass is 9.94. The fourth-order valence-electron chi connectivity index (χ4n) is 4.39. The maximum absolute atomic E-state index is 12.8. The summed E-state index contributed by atoms with van der Waals surface area (Å²) in [5, 5.41) is 18.5. The van der Waals surface area contributed by atoms with Crippen LogP contribution in [-0.2, 0) is 0 Å². The molecule has 1 aromatic carbocycles. The molecule has 0 unspecified atom stereocenters. The largest absolute Gasteiger partial charge is 0.381 e. The first kappa shape index (κ1) is 21.1. The molecule has 1 N–H and O–H groups in total. The van der Waals surface area contributed by atoms with Crippen molar-refractivity contribution >= 4 is 34.7 Å². The van der Waals surface area contributed by atoms with Crippen molar-refractivity contribution in [3.05, 3.63) is 56.0 Å². The zero-order valence-corrected chi connectivity index (χ0v) is 18.1. The van der Waals surface area contributed by atoms with Crippen molar-refractivity contribution in [1.82, 2.24) is 14.7 Å². The molecule has 1 saturated heterocycles. The number of hydrogen-bond donors (Lipinski definition) is 1. The molecule has 8 nitrogen and oxygen atoms in total. The number of nitrogens with one attached hydrogen (secondary N) is 1. The molecule has 2 heterocycles. The molecular formula is C20H24ClN5O3S. The SMILES string of the molecule is O=c1c(Cl)c(NCC2(N3CCSCC3)CCCC2)cnn1-c1ccc([N+](=O)[O-])cc1. The summed E-state index contributed by atoms with van der Waals surface area (Å²) in [6.07, 6.45) is 6.29. The normalized spacial score (nSPS) is 19.0. The maximum atomic E-state index is 12.8. The predicted octanol–water partition coefficient (Wildman–Crippen LogP) is 3.57. The zero-order valence-electron chi connectivity index (χ0n) is 16.6. The van der Waals surface area contributed by atoms with E-state index in [4.69, 9.17) is 11.6 Å². The highest BCUT2D eigenvalue weighted by atomic mass is 35.5. The number of thioether (sulfide) groups is 1. The molecule has 1 saturated carbocycles. The Morgan fingerprint density at radius 2 is 1.87 bits per heavy atom. The Hall–Kier alpha value is -2.10. The molecule has 0 radical (unpaired) electrons. The summed E-state index contributed by atoms with van der Waals surface area (Å²) in [5.41, 5.74) is 0.562. The van der Waals surface area contributed by atoms with E-state index in [9.17, 15) is 14.9 Å². The van der Waals surface area contributed by atoms with E-state index in [1.807, 2.05) is 11.8 Å². The van der Waals surface area contributed by atoms with Crippen molar-refractivity contribution in [3.8, 4) is 5.69 Å². The number of nitro groups is 1. The highest BCUT2D eigenvalue weighted by Gasteiger charge is 2.39. The van der Waals surface area contributed by atoms with Crippen molar-refractivity contribution in [2.45, 2.75) is 31.2 Å². The fourth-order valence-corrected chi connectivity index (χ4v) is 5.49. The van der Waals surface area contributed by atoms with Crippen LogP contribution in [0.1, 0.15) is 25.7 Å². The van der Waals surface area contributed by atoms with Gasteiger partial charge in [-0.1, -0.05) is 24.4 Å². The number of nitrogens with zero attached hydrogens (tertiary/aromatic N) is 4. The van der Waals surface area contributed by atoms with Crippen LogP contribution in [0.25, 0.3) is 5.69 Å². The van der Waals surface area contributed by atoms with Crippen LogP contribution in [0.2, 0.25) is 5.02 Å². The second-order valence-electron chi connectivity index (χ2n) is 7.75. The average molecular weight is 450 g/mol. The highest BCUT2D eigenvalue weighted by molar-refractivity contribution is 7.99. The highest BCUT2D eigenvalue weighted by Crippen LogP contribution is 2.37. The molecule has 2 fully saturated rings. The van der Waals surface area contributed by atoms with E-state index in [0.29, 0.717) is 11.4 Å². The van der Waals surface area contributed by atoms with E-state index in [1.165, 1.54) is 37.1 Å². The van der Waals surface area contributed by atoms with Gasteiger partial charge in [0.25, 0.3) is 11.2 Å². The Bertz CT molecular complexity index is 969. The monoisotopic (exact) mass is 449 g/mol. The van der Waals surface area contributed by atoms with Crippen molar-refractivity contribution in [1.29, 1.82) is 0 Å². The second kappa shape index (κ2) is 8.95. The van der Waals surface area contributed by atoms with Gasteiger partial charge in [-0.05, 0) is 25.0 Å². The first-order valence-electron chi connectivity index (χ1n) is 10.1. The predicted molar refractivity (Wildman–Crippen MR) is 120 cm³/mol. The van der Waals surface area contributed by atoms with Gasteiger partial charge in [0.2, 0.25) is 0 Å². The molecule has 160 valence electrons. The molecule has 2 aliphatic rings. The van der Waals surface area contributed by atoms with Crippen molar-refractivity contribution < 1.29 is 4.92 Å². The van der Waals surface area contributed by atoms with Gasteiger partial charge in [0.1, 0.15) is 5.02 Å². The van der Waals surface area contributed by atoms with E-state index < -0.39 is 10.5 Å². The summed E-state index contributed by atoms with van der Waals surface area (Å²) < 4.78 is 1.16. The van der Waals surface area contributed by atoms with Crippen molar-refractivity contribution in [2.24, 2.45) is 0 Å². The molecule has 1 aromatic heterocycles. The minimum Gasteiger partial charge on any atom is -0.381 e. The van der Waals surface area contributed by atoms with Crippen LogP contribution in [0.4, 0.5) is 11.4 Å². The first-order chi connectivity index (χ1) is 14.5. The Balaban J connectivity index is 1.53. The van der Waals surface area contributed by atoms with E-state index in [0.717, 1.165) is 48.7 Å². The summed E-state index contributed by atoms with van der Waals surface area (Å²) in [6.45, 7) is 2.93. The van der Waals surface area contributed by atoms with E-state index in [2.05, 4.69) is 15.3 Å². The molecule has 0 spiro atoms. The van der Waals surface area contributed by atoms with Crippen LogP contribution in [-0.4, -0.2) is 56.3 Å². The average Bonchev–Trinajstić information content (AvgIpc) is 3.26. The molecule has 10 heteroatoms. The maximum Gasteiger partial charge on any atom is 0.292 e. The Kier molecular flexibility index (Phi) is 6.31. The Morgan fingerprint density at radius 3 is 2.50 bits per heavy atom. The zero-order chi connectivity index (χ0) is 21.1. The fraction of sp³-hybridized carbons (Fsp3) is 0.500. The molecule has 2 aromatic rings. The third kappa shape index (κ3) is 4.19.